The van der Waals surface area contributed by atoms with Crippen LogP contribution in [0.4, 0.5) is 0 Å². The molecule has 0 fully saturated rings. The van der Waals surface area contributed by atoms with Crippen molar-refractivity contribution in [3.05, 3.63) is 171 Å². The summed E-state index contributed by atoms with van der Waals surface area (Å²) in [6, 6.07) is 47.1. The molecule has 11 aromatic rings. The first-order chi connectivity index (χ1) is 27.7. The molecule has 0 radical (unpaired) electrons. The van der Waals surface area contributed by atoms with Gasteiger partial charge in [-0.3, -0.25) is 24.9 Å². The highest BCUT2D eigenvalue weighted by atomic mass is 15.0. The van der Waals surface area contributed by atoms with Gasteiger partial charge < -0.3 is 0 Å². The molecule has 260 valence electrons. The number of rotatable bonds is 5. The summed E-state index contributed by atoms with van der Waals surface area (Å²) in [5, 5.41) is 4.95. The Bertz CT molecular complexity index is 3080. The van der Waals surface area contributed by atoms with Crippen LogP contribution in [-0.2, 0) is 0 Å². The van der Waals surface area contributed by atoms with E-state index in [0.29, 0.717) is 17.5 Å². The van der Waals surface area contributed by atoms with Gasteiger partial charge in [0.2, 0.25) is 0 Å². The molecule has 0 bridgehead atoms. The van der Waals surface area contributed by atoms with Gasteiger partial charge >= 0.3 is 0 Å². The molecule has 0 atom stereocenters. The average molecular weight is 717 g/mol. The summed E-state index contributed by atoms with van der Waals surface area (Å²) >= 11 is 0. The van der Waals surface area contributed by atoms with Crippen molar-refractivity contribution < 1.29 is 0 Å². The lowest BCUT2D eigenvalue weighted by atomic mass is 9.90. The molecule has 0 saturated carbocycles. The summed E-state index contributed by atoms with van der Waals surface area (Å²) in [6.45, 7) is 0. The number of benzene rings is 5. The van der Waals surface area contributed by atoms with Crippen molar-refractivity contribution in [1.29, 1.82) is 0 Å². The maximum Gasteiger partial charge on any atom is 0.164 e. The second-order valence-corrected chi connectivity index (χ2v) is 13.6. The van der Waals surface area contributed by atoms with E-state index in [-0.39, 0.29) is 0 Å². The molecular formula is C48H28N8. The van der Waals surface area contributed by atoms with E-state index in [1.807, 2.05) is 104 Å². The summed E-state index contributed by atoms with van der Waals surface area (Å²) in [4.78, 5) is 39.7. The summed E-state index contributed by atoms with van der Waals surface area (Å²) in [7, 11) is 0. The molecule has 0 aliphatic heterocycles. The van der Waals surface area contributed by atoms with E-state index in [4.69, 9.17) is 34.9 Å². The third-order valence-electron chi connectivity index (χ3n) is 10.3. The van der Waals surface area contributed by atoms with Gasteiger partial charge in [-0.05, 0) is 77.9 Å². The Morgan fingerprint density at radius 1 is 0.304 bits per heavy atom. The first kappa shape index (κ1) is 31.7. The van der Waals surface area contributed by atoms with E-state index in [9.17, 15) is 0 Å². The third-order valence-corrected chi connectivity index (χ3v) is 10.3. The lowest BCUT2D eigenvalue weighted by Gasteiger charge is -2.16. The van der Waals surface area contributed by atoms with Gasteiger partial charge in [0.1, 0.15) is 0 Å². The first-order valence-corrected chi connectivity index (χ1v) is 18.3. The molecule has 5 aromatic carbocycles. The van der Waals surface area contributed by atoms with Crippen LogP contribution in [0.5, 0.6) is 0 Å². The van der Waals surface area contributed by atoms with Gasteiger partial charge in [-0.15, -0.1) is 0 Å². The second kappa shape index (κ2) is 12.9. The van der Waals surface area contributed by atoms with Crippen LogP contribution < -0.4 is 0 Å². The van der Waals surface area contributed by atoms with Crippen LogP contribution in [0.1, 0.15) is 0 Å². The SMILES string of the molecule is c1ccc(-c2nc(-c3cc(-c4c5cccnc5cc5cccnc45)cc(-c4c5cccnc5cc5cccnc45)c3)nc(-c3cccc4ncccc34)n2)cc1. The molecule has 0 aliphatic carbocycles. The fourth-order valence-corrected chi connectivity index (χ4v) is 7.79. The molecule has 8 heteroatoms. The molecule has 0 spiro atoms. The Morgan fingerprint density at radius 2 is 0.804 bits per heavy atom. The Hall–Kier alpha value is -7.84. The maximum atomic E-state index is 5.26. The summed E-state index contributed by atoms with van der Waals surface area (Å²) in [5.41, 5.74) is 10.8. The van der Waals surface area contributed by atoms with Gasteiger partial charge in [-0.1, -0.05) is 72.8 Å². The highest BCUT2D eigenvalue weighted by Crippen LogP contribution is 2.42. The van der Waals surface area contributed by atoms with Crippen LogP contribution in [0, 0.1) is 0 Å². The summed E-state index contributed by atoms with van der Waals surface area (Å²) in [6.07, 6.45) is 9.15. The Kier molecular flexibility index (Phi) is 7.31. The topological polar surface area (TPSA) is 103 Å². The van der Waals surface area contributed by atoms with Crippen molar-refractivity contribution >= 4 is 54.5 Å². The molecule has 0 amide bonds. The van der Waals surface area contributed by atoms with Crippen LogP contribution in [-0.4, -0.2) is 39.9 Å². The molecule has 11 rings (SSSR count). The fourth-order valence-electron chi connectivity index (χ4n) is 7.79. The van der Waals surface area contributed by atoms with Crippen molar-refractivity contribution in [2.24, 2.45) is 0 Å². The molecule has 56 heavy (non-hydrogen) atoms. The number of fused-ring (bicyclic) bond motifs is 5. The number of hydrogen-bond acceptors (Lipinski definition) is 8. The van der Waals surface area contributed by atoms with Gasteiger partial charge in [0.15, 0.2) is 17.5 Å². The third kappa shape index (κ3) is 5.31. The highest BCUT2D eigenvalue weighted by molar-refractivity contribution is 6.13. The van der Waals surface area contributed by atoms with Gasteiger partial charge in [-0.25, -0.2) is 15.0 Å². The molecule has 0 saturated heterocycles. The van der Waals surface area contributed by atoms with Crippen LogP contribution in [0.2, 0.25) is 0 Å². The molecule has 6 heterocycles. The Morgan fingerprint density at radius 3 is 1.43 bits per heavy atom. The minimum Gasteiger partial charge on any atom is -0.256 e. The summed E-state index contributed by atoms with van der Waals surface area (Å²) < 4.78 is 0. The van der Waals surface area contributed by atoms with Gasteiger partial charge in [-0.2, -0.15) is 0 Å². The minimum absolute atomic E-state index is 0.532. The van der Waals surface area contributed by atoms with E-state index >= 15 is 0 Å². The molecule has 8 nitrogen and oxygen atoms in total. The average Bonchev–Trinajstić information content (AvgIpc) is 3.27. The van der Waals surface area contributed by atoms with Gasteiger partial charge in [0.05, 0.1) is 27.6 Å². The Labute approximate surface area is 320 Å². The standard InChI is InChI=1S/C48H28N8/c1-2-10-29(11-3-1)46-54-47(56-48(55-46)36-14-4-18-39-35(36)15-7-19-49-39)34-25-32(42-37-16-8-20-50-40(37)27-30-12-5-22-52-44(30)42)24-33(26-34)43-38-17-9-21-51-41(38)28-31-13-6-23-53-45(31)43/h1-28H. The van der Waals surface area contributed by atoms with Crippen molar-refractivity contribution in [3.63, 3.8) is 0 Å². The van der Waals surface area contributed by atoms with E-state index < -0.39 is 0 Å². The van der Waals surface area contributed by atoms with Crippen molar-refractivity contribution in [3.8, 4) is 56.4 Å². The van der Waals surface area contributed by atoms with Crippen LogP contribution in [0.15, 0.2) is 171 Å². The quantitative estimate of drug-likeness (QED) is 0.162. The van der Waals surface area contributed by atoms with Crippen molar-refractivity contribution in [2.75, 3.05) is 0 Å². The second-order valence-electron chi connectivity index (χ2n) is 13.6. The molecular weight excluding hydrogens is 689 g/mol. The van der Waals surface area contributed by atoms with E-state index in [1.54, 1.807) is 6.20 Å². The van der Waals surface area contributed by atoms with E-state index in [2.05, 4.69) is 65.6 Å². The van der Waals surface area contributed by atoms with Crippen LogP contribution in [0.3, 0.4) is 0 Å². The normalized spacial score (nSPS) is 11.6. The van der Waals surface area contributed by atoms with Gasteiger partial charge in [0, 0.05) is 85.7 Å². The zero-order chi connectivity index (χ0) is 37.0. The van der Waals surface area contributed by atoms with Crippen molar-refractivity contribution in [1.82, 2.24) is 39.9 Å². The number of nitrogens with zero attached hydrogens (tertiary/aromatic N) is 8. The summed E-state index contributed by atoms with van der Waals surface area (Å²) in [5.74, 6) is 1.66. The monoisotopic (exact) mass is 716 g/mol. The van der Waals surface area contributed by atoms with Crippen molar-refractivity contribution in [2.45, 2.75) is 0 Å². The predicted octanol–water partition coefficient (Wildman–Crippen LogP) is 10.9. The lowest BCUT2D eigenvalue weighted by Crippen LogP contribution is -2.01. The maximum absolute atomic E-state index is 5.26. The molecule has 0 N–H and O–H groups in total. The van der Waals surface area contributed by atoms with Gasteiger partial charge in [0.25, 0.3) is 0 Å². The first-order valence-electron chi connectivity index (χ1n) is 18.3. The van der Waals surface area contributed by atoms with E-state index in [0.717, 1.165) is 93.5 Å². The largest absolute Gasteiger partial charge is 0.256 e. The number of pyridine rings is 5. The molecule has 6 aromatic heterocycles. The highest BCUT2D eigenvalue weighted by Gasteiger charge is 2.20. The zero-order valence-electron chi connectivity index (χ0n) is 29.7. The van der Waals surface area contributed by atoms with Crippen LogP contribution >= 0.6 is 0 Å². The minimum atomic E-state index is 0.532. The lowest BCUT2D eigenvalue weighted by molar-refractivity contribution is 1.08. The number of hydrogen-bond donors (Lipinski definition) is 0. The van der Waals surface area contributed by atoms with E-state index in [1.165, 1.54) is 0 Å². The number of aromatic nitrogens is 8. The fraction of sp³-hybridized carbons (Fsp3) is 0. The Balaban J connectivity index is 1.26. The smallest absolute Gasteiger partial charge is 0.164 e. The zero-order valence-corrected chi connectivity index (χ0v) is 29.7. The van der Waals surface area contributed by atoms with Crippen LogP contribution in [0.25, 0.3) is 111 Å². The molecule has 0 aliphatic rings. The predicted molar refractivity (Wildman–Crippen MR) is 224 cm³/mol. The molecule has 0 unspecified atom stereocenters.